The molecule has 0 spiro atoms. The molecule has 0 saturated heterocycles. The van der Waals surface area contributed by atoms with Crippen molar-refractivity contribution in [2.24, 2.45) is 5.92 Å². The standard InChI is InChI=1S/C13H20N2O3S/c1-7(2)6-10-11(19-9(4)14-10)12(16)15(5)8(3)13(17)18/h7-8H,6H2,1-5H3,(H,17,18). The number of carbonyl (C=O) groups excluding carboxylic acids is 1. The van der Waals surface area contributed by atoms with Crippen molar-refractivity contribution in [2.75, 3.05) is 7.05 Å². The highest BCUT2D eigenvalue weighted by atomic mass is 32.1. The van der Waals surface area contributed by atoms with Crippen molar-refractivity contribution in [3.05, 3.63) is 15.6 Å². The smallest absolute Gasteiger partial charge is 0.326 e. The second-order valence-electron chi connectivity index (χ2n) is 5.04. The summed E-state index contributed by atoms with van der Waals surface area (Å²) in [5.41, 5.74) is 0.770. The Hall–Kier alpha value is -1.43. The molecule has 1 aromatic heterocycles. The number of aromatic nitrogens is 1. The molecule has 1 atom stereocenters. The number of carbonyl (C=O) groups is 2. The summed E-state index contributed by atoms with van der Waals surface area (Å²) in [7, 11) is 1.51. The van der Waals surface area contributed by atoms with Gasteiger partial charge in [-0.2, -0.15) is 0 Å². The Balaban J connectivity index is 3.02. The number of hydrogen-bond acceptors (Lipinski definition) is 4. The summed E-state index contributed by atoms with van der Waals surface area (Å²) in [6.45, 7) is 7.47. The molecule has 1 rings (SSSR count). The summed E-state index contributed by atoms with van der Waals surface area (Å²) in [5.74, 6) is -0.881. The Bertz CT molecular complexity index is 482. The maximum atomic E-state index is 12.3. The Labute approximate surface area is 117 Å². The van der Waals surface area contributed by atoms with Gasteiger partial charge in [0.1, 0.15) is 10.9 Å². The fraction of sp³-hybridized carbons (Fsp3) is 0.615. The van der Waals surface area contributed by atoms with E-state index in [1.807, 2.05) is 6.92 Å². The van der Waals surface area contributed by atoms with E-state index < -0.39 is 12.0 Å². The molecule has 0 radical (unpaired) electrons. The zero-order chi connectivity index (χ0) is 14.7. The van der Waals surface area contributed by atoms with Crippen molar-refractivity contribution in [1.29, 1.82) is 0 Å². The molecular formula is C13H20N2O3S. The lowest BCUT2D eigenvalue weighted by Crippen LogP contribution is -2.40. The third kappa shape index (κ3) is 3.76. The van der Waals surface area contributed by atoms with Gasteiger partial charge in [0.25, 0.3) is 5.91 Å². The quantitative estimate of drug-likeness (QED) is 0.899. The van der Waals surface area contributed by atoms with Crippen molar-refractivity contribution in [3.63, 3.8) is 0 Å². The van der Waals surface area contributed by atoms with E-state index in [0.29, 0.717) is 10.8 Å². The highest BCUT2D eigenvalue weighted by Gasteiger charge is 2.26. The normalized spacial score (nSPS) is 12.5. The van der Waals surface area contributed by atoms with E-state index in [4.69, 9.17) is 5.11 Å². The van der Waals surface area contributed by atoms with E-state index in [0.717, 1.165) is 17.1 Å². The molecule has 0 bridgehead atoms. The third-order valence-corrected chi connectivity index (χ3v) is 3.86. The van der Waals surface area contributed by atoms with E-state index >= 15 is 0 Å². The average Bonchev–Trinajstić information content (AvgIpc) is 2.66. The lowest BCUT2D eigenvalue weighted by molar-refractivity contribution is -0.141. The number of hydrogen-bond donors (Lipinski definition) is 1. The van der Waals surface area contributed by atoms with Gasteiger partial charge in [-0.3, -0.25) is 4.79 Å². The van der Waals surface area contributed by atoms with E-state index in [9.17, 15) is 9.59 Å². The maximum absolute atomic E-state index is 12.3. The molecule has 0 aliphatic heterocycles. The van der Waals surface area contributed by atoms with Gasteiger partial charge in [0, 0.05) is 7.05 Å². The molecular weight excluding hydrogens is 264 g/mol. The summed E-state index contributed by atoms with van der Waals surface area (Å²) in [6.07, 6.45) is 0.723. The van der Waals surface area contributed by atoms with Crippen LogP contribution in [0.3, 0.4) is 0 Å². The Kier molecular flexibility index (Phi) is 5.05. The molecule has 0 aromatic carbocycles. The van der Waals surface area contributed by atoms with Crippen LogP contribution in [0.5, 0.6) is 0 Å². The van der Waals surface area contributed by atoms with Crippen LogP contribution in [0.1, 0.15) is 41.1 Å². The lowest BCUT2D eigenvalue weighted by Gasteiger charge is -2.21. The van der Waals surface area contributed by atoms with Crippen LogP contribution in [0.25, 0.3) is 0 Å². The Morgan fingerprint density at radius 2 is 1.95 bits per heavy atom. The molecule has 1 amide bonds. The zero-order valence-corrected chi connectivity index (χ0v) is 12.7. The van der Waals surface area contributed by atoms with Gasteiger partial charge < -0.3 is 10.0 Å². The minimum Gasteiger partial charge on any atom is -0.480 e. The van der Waals surface area contributed by atoms with Crippen molar-refractivity contribution >= 4 is 23.2 Å². The summed E-state index contributed by atoms with van der Waals surface area (Å²) in [5, 5.41) is 9.79. The minimum absolute atomic E-state index is 0.267. The average molecular weight is 284 g/mol. The number of carboxylic acid groups (broad SMARTS) is 1. The zero-order valence-electron chi connectivity index (χ0n) is 11.9. The maximum Gasteiger partial charge on any atom is 0.326 e. The predicted molar refractivity (Wildman–Crippen MR) is 74.6 cm³/mol. The van der Waals surface area contributed by atoms with Crippen LogP contribution in [-0.2, 0) is 11.2 Å². The molecule has 0 saturated carbocycles. The van der Waals surface area contributed by atoms with Crippen LogP contribution in [0.2, 0.25) is 0 Å². The van der Waals surface area contributed by atoms with Gasteiger partial charge in [-0.05, 0) is 26.2 Å². The van der Waals surface area contributed by atoms with Crippen LogP contribution in [-0.4, -0.2) is 40.0 Å². The minimum atomic E-state index is -1.01. The number of amides is 1. The molecule has 6 heteroatoms. The highest BCUT2D eigenvalue weighted by Crippen LogP contribution is 2.23. The van der Waals surface area contributed by atoms with Gasteiger partial charge in [0.05, 0.1) is 10.7 Å². The first-order valence-electron chi connectivity index (χ1n) is 6.20. The topological polar surface area (TPSA) is 70.5 Å². The molecule has 19 heavy (non-hydrogen) atoms. The summed E-state index contributed by atoms with van der Waals surface area (Å²) < 4.78 is 0. The number of aryl methyl sites for hydroxylation is 1. The molecule has 0 aliphatic carbocycles. The van der Waals surface area contributed by atoms with E-state index in [-0.39, 0.29) is 5.91 Å². The molecule has 0 fully saturated rings. The Morgan fingerprint density at radius 1 is 1.37 bits per heavy atom. The first-order valence-corrected chi connectivity index (χ1v) is 7.02. The second kappa shape index (κ2) is 6.14. The van der Waals surface area contributed by atoms with Crippen molar-refractivity contribution < 1.29 is 14.7 Å². The number of thiazole rings is 1. The van der Waals surface area contributed by atoms with Gasteiger partial charge in [0.15, 0.2) is 0 Å². The molecule has 0 aliphatic rings. The third-order valence-electron chi connectivity index (χ3n) is 2.86. The lowest BCUT2D eigenvalue weighted by atomic mass is 10.1. The van der Waals surface area contributed by atoms with Gasteiger partial charge in [-0.15, -0.1) is 11.3 Å². The van der Waals surface area contributed by atoms with Crippen LogP contribution < -0.4 is 0 Å². The number of nitrogens with zero attached hydrogens (tertiary/aromatic N) is 2. The molecule has 1 heterocycles. The summed E-state index contributed by atoms with van der Waals surface area (Å²) >= 11 is 1.33. The van der Waals surface area contributed by atoms with E-state index in [2.05, 4.69) is 18.8 Å². The van der Waals surface area contributed by atoms with Crippen molar-refractivity contribution in [2.45, 2.75) is 40.2 Å². The van der Waals surface area contributed by atoms with Gasteiger partial charge in [0.2, 0.25) is 0 Å². The number of carboxylic acids is 1. The molecule has 1 aromatic rings. The molecule has 5 nitrogen and oxygen atoms in total. The number of likely N-dealkylation sites (N-methyl/N-ethyl adjacent to an activating group) is 1. The summed E-state index contributed by atoms with van der Waals surface area (Å²) in [4.78, 5) is 29.5. The van der Waals surface area contributed by atoms with Gasteiger partial charge >= 0.3 is 5.97 Å². The summed E-state index contributed by atoms with van der Waals surface area (Å²) in [6, 6.07) is -0.846. The van der Waals surface area contributed by atoms with Crippen LogP contribution in [0.4, 0.5) is 0 Å². The number of aliphatic carboxylic acids is 1. The van der Waals surface area contributed by atoms with E-state index in [1.165, 1.54) is 30.2 Å². The number of rotatable bonds is 5. The Morgan fingerprint density at radius 3 is 2.42 bits per heavy atom. The van der Waals surface area contributed by atoms with Crippen LogP contribution in [0, 0.1) is 12.8 Å². The fourth-order valence-corrected chi connectivity index (χ4v) is 2.59. The highest BCUT2D eigenvalue weighted by molar-refractivity contribution is 7.13. The monoisotopic (exact) mass is 284 g/mol. The largest absolute Gasteiger partial charge is 0.480 e. The van der Waals surface area contributed by atoms with Crippen LogP contribution in [0.15, 0.2) is 0 Å². The second-order valence-corrected chi connectivity index (χ2v) is 6.24. The SMILES string of the molecule is Cc1nc(CC(C)C)c(C(=O)N(C)C(C)C(=O)O)s1. The first-order chi connectivity index (χ1) is 8.73. The molecule has 1 unspecified atom stereocenters. The van der Waals surface area contributed by atoms with Crippen LogP contribution >= 0.6 is 11.3 Å². The van der Waals surface area contributed by atoms with Crippen molar-refractivity contribution in [1.82, 2.24) is 9.88 Å². The predicted octanol–water partition coefficient (Wildman–Crippen LogP) is 2.20. The molecule has 106 valence electrons. The molecule has 1 N–H and O–H groups in total. The fourth-order valence-electron chi connectivity index (χ4n) is 1.66. The van der Waals surface area contributed by atoms with Gasteiger partial charge in [-0.25, -0.2) is 9.78 Å². The van der Waals surface area contributed by atoms with E-state index in [1.54, 1.807) is 0 Å². The van der Waals surface area contributed by atoms with Gasteiger partial charge in [-0.1, -0.05) is 13.8 Å². The van der Waals surface area contributed by atoms with Crippen molar-refractivity contribution in [3.8, 4) is 0 Å². The first kappa shape index (κ1) is 15.6.